The molecule has 3 aromatic rings. The summed E-state index contributed by atoms with van der Waals surface area (Å²) in [6.07, 6.45) is -2.14. The van der Waals surface area contributed by atoms with Gasteiger partial charge >= 0.3 is 6.18 Å². The number of aryl methyl sites for hydroxylation is 1. The van der Waals surface area contributed by atoms with E-state index in [9.17, 15) is 13.2 Å². The van der Waals surface area contributed by atoms with Crippen LogP contribution in [0.5, 0.6) is 5.88 Å². The van der Waals surface area contributed by atoms with Crippen molar-refractivity contribution in [3.63, 3.8) is 0 Å². The SMILES string of the molecule is CCc1cccc(COc2nc(N3CCN(C)CC3)ncc2Sc2ccc(C#N)c(C(F)(F)F)c2)c1. The van der Waals surface area contributed by atoms with Crippen LogP contribution in [0.15, 0.2) is 58.5 Å². The summed E-state index contributed by atoms with van der Waals surface area (Å²) >= 11 is 1.08. The molecule has 10 heteroatoms. The van der Waals surface area contributed by atoms with Crippen LogP contribution in [0.1, 0.15) is 29.2 Å². The highest BCUT2D eigenvalue weighted by Gasteiger charge is 2.34. The molecule has 2 aromatic carbocycles. The highest BCUT2D eigenvalue weighted by atomic mass is 32.2. The summed E-state index contributed by atoms with van der Waals surface area (Å²) in [7, 11) is 2.06. The predicted molar refractivity (Wildman–Crippen MR) is 132 cm³/mol. The molecule has 0 radical (unpaired) electrons. The van der Waals surface area contributed by atoms with Crippen LogP contribution in [0.3, 0.4) is 0 Å². The van der Waals surface area contributed by atoms with Gasteiger partial charge in [-0.2, -0.15) is 23.4 Å². The fraction of sp³-hybridized carbons (Fsp3) is 0.346. The third-order valence-electron chi connectivity index (χ3n) is 5.92. The lowest BCUT2D eigenvalue weighted by atomic mass is 10.1. The topological polar surface area (TPSA) is 65.3 Å². The molecule has 1 aromatic heterocycles. The summed E-state index contributed by atoms with van der Waals surface area (Å²) < 4.78 is 46.5. The van der Waals surface area contributed by atoms with E-state index in [-0.39, 0.29) is 6.61 Å². The minimum Gasteiger partial charge on any atom is -0.472 e. The number of benzene rings is 2. The number of aromatic nitrogens is 2. The molecule has 0 unspecified atom stereocenters. The van der Waals surface area contributed by atoms with E-state index in [1.54, 1.807) is 12.3 Å². The number of nitriles is 1. The number of hydrogen-bond donors (Lipinski definition) is 0. The molecular formula is C26H26F3N5OS. The Hall–Kier alpha value is -3.29. The Labute approximate surface area is 212 Å². The van der Waals surface area contributed by atoms with Crippen LogP contribution < -0.4 is 9.64 Å². The van der Waals surface area contributed by atoms with Crippen LogP contribution >= 0.6 is 11.8 Å². The van der Waals surface area contributed by atoms with Gasteiger partial charge in [0, 0.05) is 31.1 Å². The lowest BCUT2D eigenvalue weighted by Crippen LogP contribution is -2.45. The zero-order valence-corrected chi connectivity index (χ0v) is 20.9. The fourth-order valence-electron chi connectivity index (χ4n) is 3.82. The highest BCUT2D eigenvalue weighted by molar-refractivity contribution is 7.99. The molecule has 2 heterocycles. The van der Waals surface area contributed by atoms with E-state index in [1.165, 1.54) is 17.7 Å². The molecule has 1 fully saturated rings. The van der Waals surface area contributed by atoms with E-state index in [4.69, 9.17) is 10.00 Å². The zero-order valence-electron chi connectivity index (χ0n) is 20.0. The average Bonchev–Trinajstić information content (AvgIpc) is 2.88. The normalized spacial score (nSPS) is 14.5. The van der Waals surface area contributed by atoms with Crippen LogP contribution in [0.25, 0.3) is 0 Å². The van der Waals surface area contributed by atoms with Crippen molar-refractivity contribution in [3.05, 3.63) is 70.9 Å². The summed E-state index contributed by atoms with van der Waals surface area (Å²) in [5.74, 6) is 0.837. The third-order valence-corrected chi connectivity index (χ3v) is 6.91. The number of piperazine rings is 1. The van der Waals surface area contributed by atoms with Gasteiger partial charge in [-0.05, 0) is 42.8 Å². The van der Waals surface area contributed by atoms with E-state index in [0.717, 1.165) is 56.0 Å². The van der Waals surface area contributed by atoms with Gasteiger partial charge in [0.2, 0.25) is 11.8 Å². The van der Waals surface area contributed by atoms with E-state index in [0.29, 0.717) is 21.6 Å². The van der Waals surface area contributed by atoms with Gasteiger partial charge in [-0.1, -0.05) is 43.0 Å². The van der Waals surface area contributed by atoms with Crippen LogP contribution in [0, 0.1) is 11.3 Å². The van der Waals surface area contributed by atoms with Crippen LogP contribution in [-0.2, 0) is 19.2 Å². The molecule has 1 saturated heterocycles. The molecule has 1 aliphatic rings. The lowest BCUT2D eigenvalue weighted by molar-refractivity contribution is -0.137. The largest absolute Gasteiger partial charge is 0.472 e. The number of ether oxygens (including phenoxy) is 1. The molecule has 0 amide bonds. The lowest BCUT2D eigenvalue weighted by Gasteiger charge is -2.32. The second-order valence-electron chi connectivity index (χ2n) is 8.51. The number of anilines is 1. The Balaban J connectivity index is 1.64. The predicted octanol–water partition coefficient (Wildman–Crippen LogP) is 5.41. The van der Waals surface area contributed by atoms with E-state index < -0.39 is 17.3 Å². The van der Waals surface area contributed by atoms with Gasteiger partial charge in [-0.3, -0.25) is 0 Å². The standard InChI is InChI=1S/C26H26F3N5OS/c1-3-18-5-4-6-19(13-18)17-35-24-23(16-31-25(32-24)34-11-9-33(2)10-12-34)36-21-8-7-20(15-30)22(14-21)26(27,28)29/h4-8,13-14,16H,3,9-12,17H2,1-2H3. The number of likely N-dealkylation sites (N-methyl/N-ethyl adjacent to an activating group) is 1. The molecule has 0 bridgehead atoms. The molecule has 4 rings (SSSR count). The van der Waals surface area contributed by atoms with Crippen LogP contribution in [0.4, 0.5) is 19.1 Å². The van der Waals surface area contributed by atoms with Crippen molar-refractivity contribution >= 4 is 17.7 Å². The van der Waals surface area contributed by atoms with Crippen molar-refractivity contribution in [2.24, 2.45) is 0 Å². The maximum atomic E-state index is 13.5. The molecule has 0 atom stereocenters. The number of hydrogen-bond acceptors (Lipinski definition) is 7. The number of halogens is 3. The summed E-state index contributed by atoms with van der Waals surface area (Å²) in [6.45, 7) is 5.64. The van der Waals surface area contributed by atoms with Gasteiger partial charge in [0.1, 0.15) is 6.61 Å². The highest BCUT2D eigenvalue weighted by Crippen LogP contribution is 2.39. The van der Waals surface area contributed by atoms with E-state index >= 15 is 0 Å². The monoisotopic (exact) mass is 513 g/mol. The number of alkyl halides is 3. The Morgan fingerprint density at radius 2 is 1.83 bits per heavy atom. The first-order valence-electron chi connectivity index (χ1n) is 11.6. The van der Waals surface area contributed by atoms with Crippen LogP contribution in [0.2, 0.25) is 0 Å². The Morgan fingerprint density at radius 1 is 1.08 bits per heavy atom. The van der Waals surface area contributed by atoms with Crippen molar-refractivity contribution in [2.75, 3.05) is 38.1 Å². The maximum Gasteiger partial charge on any atom is 0.417 e. The smallest absolute Gasteiger partial charge is 0.417 e. The van der Waals surface area contributed by atoms with Crippen molar-refractivity contribution in [1.82, 2.24) is 14.9 Å². The van der Waals surface area contributed by atoms with Gasteiger partial charge in [0.25, 0.3) is 0 Å². The van der Waals surface area contributed by atoms with Crippen molar-refractivity contribution in [3.8, 4) is 11.9 Å². The summed E-state index contributed by atoms with van der Waals surface area (Å²) in [5.41, 5.74) is 0.774. The summed E-state index contributed by atoms with van der Waals surface area (Å²) in [6, 6.07) is 13.3. The van der Waals surface area contributed by atoms with Gasteiger partial charge in [0.05, 0.1) is 28.3 Å². The molecular weight excluding hydrogens is 487 g/mol. The first-order valence-corrected chi connectivity index (χ1v) is 12.4. The second kappa shape index (κ2) is 11.2. The molecule has 0 N–H and O–H groups in total. The quantitative estimate of drug-likeness (QED) is 0.419. The Kier molecular flexibility index (Phi) is 8.01. The van der Waals surface area contributed by atoms with Gasteiger partial charge in [0.15, 0.2) is 0 Å². The van der Waals surface area contributed by atoms with Crippen molar-refractivity contribution in [2.45, 2.75) is 35.9 Å². The molecule has 36 heavy (non-hydrogen) atoms. The molecule has 1 aliphatic heterocycles. The van der Waals surface area contributed by atoms with E-state index in [1.807, 2.05) is 18.2 Å². The second-order valence-corrected chi connectivity index (χ2v) is 9.63. The van der Waals surface area contributed by atoms with Gasteiger partial charge < -0.3 is 14.5 Å². The van der Waals surface area contributed by atoms with Gasteiger partial charge in [-0.15, -0.1) is 0 Å². The first-order chi connectivity index (χ1) is 17.3. The van der Waals surface area contributed by atoms with E-state index in [2.05, 4.69) is 39.8 Å². The van der Waals surface area contributed by atoms with Crippen molar-refractivity contribution < 1.29 is 17.9 Å². The minimum absolute atomic E-state index is 0.266. The number of nitrogens with zero attached hydrogens (tertiary/aromatic N) is 5. The number of rotatable bonds is 7. The molecule has 0 saturated carbocycles. The zero-order chi connectivity index (χ0) is 25.7. The maximum absolute atomic E-state index is 13.5. The molecule has 0 aliphatic carbocycles. The van der Waals surface area contributed by atoms with Gasteiger partial charge in [-0.25, -0.2) is 4.98 Å². The summed E-state index contributed by atoms with van der Waals surface area (Å²) in [5, 5.41) is 9.09. The minimum atomic E-state index is -4.63. The molecule has 6 nitrogen and oxygen atoms in total. The van der Waals surface area contributed by atoms with Crippen LogP contribution in [-0.4, -0.2) is 48.1 Å². The Bertz CT molecular complexity index is 1250. The first kappa shape index (κ1) is 25.8. The van der Waals surface area contributed by atoms with Crippen molar-refractivity contribution in [1.29, 1.82) is 5.26 Å². The molecule has 188 valence electrons. The fourth-order valence-corrected chi connectivity index (χ4v) is 4.68. The third kappa shape index (κ3) is 6.28. The average molecular weight is 514 g/mol. The Morgan fingerprint density at radius 3 is 2.53 bits per heavy atom. The molecule has 0 spiro atoms. The summed E-state index contributed by atoms with van der Waals surface area (Å²) in [4.78, 5) is 14.3.